The van der Waals surface area contributed by atoms with Crippen LogP contribution in [0.15, 0.2) is 57.9 Å². The average Bonchev–Trinajstić information content (AvgIpc) is 3.33. The Morgan fingerprint density at radius 1 is 1.14 bits per heavy atom. The van der Waals surface area contributed by atoms with Crippen molar-refractivity contribution in [1.82, 2.24) is 19.9 Å². The SMILES string of the molecule is Cc1ccc(Cn2cc(C(=O)Nc3cc4ccc(OC5CCN(C)CC5)c(C)c4oc3=O)nn2)cc1. The maximum atomic E-state index is 12.7. The summed E-state index contributed by atoms with van der Waals surface area (Å²) in [7, 11) is 2.11. The number of nitrogens with zero attached hydrogens (tertiary/aromatic N) is 4. The van der Waals surface area contributed by atoms with E-state index in [9.17, 15) is 9.59 Å². The van der Waals surface area contributed by atoms with E-state index in [0.29, 0.717) is 23.3 Å². The van der Waals surface area contributed by atoms with Crippen molar-refractivity contribution in [3.8, 4) is 5.75 Å². The number of aryl methyl sites for hydroxylation is 2. The molecule has 186 valence electrons. The Morgan fingerprint density at radius 2 is 1.89 bits per heavy atom. The Labute approximate surface area is 208 Å². The van der Waals surface area contributed by atoms with Gasteiger partial charge in [0.15, 0.2) is 5.69 Å². The number of piperidine rings is 1. The minimum Gasteiger partial charge on any atom is -0.490 e. The first kappa shape index (κ1) is 23.7. The molecule has 0 spiro atoms. The van der Waals surface area contributed by atoms with Gasteiger partial charge in [0.05, 0.1) is 12.7 Å². The second kappa shape index (κ2) is 9.94. The van der Waals surface area contributed by atoms with Gasteiger partial charge in [-0.1, -0.05) is 35.0 Å². The van der Waals surface area contributed by atoms with Crippen molar-refractivity contribution in [1.29, 1.82) is 0 Å². The Balaban J connectivity index is 1.30. The van der Waals surface area contributed by atoms with Gasteiger partial charge in [0.25, 0.3) is 5.91 Å². The highest BCUT2D eigenvalue weighted by atomic mass is 16.5. The van der Waals surface area contributed by atoms with Crippen molar-refractivity contribution >= 4 is 22.6 Å². The van der Waals surface area contributed by atoms with E-state index in [0.717, 1.165) is 37.1 Å². The average molecular weight is 488 g/mol. The van der Waals surface area contributed by atoms with E-state index in [1.807, 2.05) is 50.2 Å². The first-order chi connectivity index (χ1) is 17.4. The van der Waals surface area contributed by atoms with Crippen LogP contribution in [-0.2, 0) is 6.54 Å². The minimum absolute atomic E-state index is 0.0453. The van der Waals surface area contributed by atoms with Crippen molar-refractivity contribution in [3.63, 3.8) is 0 Å². The zero-order chi connectivity index (χ0) is 25.2. The molecule has 4 aromatic rings. The molecule has 2 aromatic carbocycles. The highest BCUT2D eigenvalue weighted by Gasteiger charge is 2.20. The summed E-state index contributed by atoms with van der Waals surface area (Å²) in [4.78, 5) is 27.7. The van der Waals surface area contributed by atoms with Crippen LogP contribution in [0.3, 0.4) is 0 Å². The van der Waals surface area contributed by atoms with Crippen molar-refractivity contribution in [2.75, 3.05) is 25.5 Å². The second-order valence-corrected chi connectivity index (χ2v) is 9.42. The molecular formula is C27H29N5O4. The molecule has 1 saturated heterocycles. The van der Waals surface area contributed by atoms with Gasteiger partial charge in [-0.05, 0) is 57.5 Å². The second-order valence-electron chi connectivity index (χ2n) is 9.42. The van der Waals surface area contributed by atoms with E-state index in [1.165, 1.54) is 5.56 Å². The zero-order valence-electron chi connectivity index (χ0n) is 20.7. The molecule has 1 amide bonds. The lowest BCUT2D eigenvalue weighted by Crippen LogP contribution is -2.35. The lowest BCUT2D eigenvalue weighted by atomic mass is 10.1. The van der Waals surface area contributed by atoms with Crippen molar-refractivity contribution in [3.05, 3.63) is 81.5 Å². The predicted molar refractivity (Wildman–Crippen MR) is 137 cm³/mol. The summed E-state index contributed by atoms with van der Waals surface area (Å²) in [6.07, 6.45) is 3.60. The molecule has 9 heteroatoms. The van der Waals surface area contributed by atoms with Gasteiger partial charge in [0, 0.05) is 24.0 Å². The Morgan fingerprint density at radius 3 is 2.64 bits per heavy atom. The maximum Gasteiger partial charge on any atom is 0.360 e. The van der Waals surface area contributed by atoms with Gasteiger partial charge in [-0.3, -0.25) is 4.79 Å². The number of nitrogens with one attached hydrogen (secondary N) is 1. The summed E-state index contributed by atoms with van der Waals surface area (Å²) < 4.78 is 13.4. The molecule has 1 aliphatic heterocycles. The largest absolute Gasteiger partial charge is 0.490 e. The summed E-state index contributed by atoms with van der Waals surface area (Å²) in [6.45, 7) is 6.37. The number of likely N-dealkylation sites (tertiary alicyclic amines) is 1. The van der Waals surface area contributed by atoms with E-state index < -0.39 is 11.5 Å². The summed E-state index contributed by atoms with van der Waals surface area (Å²) in [5.41, 5.74) is 2.95. The number of rotatable bonds is 6. The highest BCUT2D eigenvalue weighted by molar-refractivity contribution is 6.03. The predicted octanol–water partition coefficient (Wildman–Crippen LogP) is 3.77. The Kier molecular flexibility index (Phi) is 6.56. The molecule has 1 aliphatic rings. The van der Waals surface area contributed by atoms with Gasteiger partial charge in [-0.25, -0.2) is 9.48 Å². The third-order valence-electron chi connectivity index (χ3n) is 6.55. The molecule has 5 rings (SSSR count). The fraction of sp³-hybridized carbons (Fsp3) is 0.333. The summed E-state index contributed by atoms with van der Waals surface area (Å²) in [5.74, 6) is 0.179. The van der Waals surface area contributed by atoms with Gasteiger partial charge in [-0.2, -0.15) is 0 Å². The van der Waals surface area contributed by atoms with Crippen LogP contribution in [0.2, 0.25) is 0 Å². The first-order valence-electron chi connectivity index (χ1n) is 12.1. The number of aromatic nitrogens is 3. The van der Waals surface area contributed by atoms with Crippen LogP contribution >= 0.6 is 0 Å². The molecule has 0 unspecified atom stereocenters. The molecule has 2 aromatic heterocycles. The molecular weight excluding hydrogens is 458 g/mol. The van der Waals surface area contributed by atoms with Crippen LogP contribution in [0.4, 0.5) is 5.69 Å². The molecule has 0 bridgehead atoms. The third-order valence-corrected chi connectivity index (χ3v) is 6.55. The molecule has 1 N–H and O–H groups in total. The normalized spacial score (nSPS) is 14.8. The zero-order valence-corrected chi connectivity index (χ0v) is 20.7. The van der Waals surface area contributed by atoms with Crippen molar-refractivity contribution in [2.45, 2.75) is 39.3 Å². The van der Waals surface area contributed by atoms with Gasteiger partial charge in [0.2, 0.25) is 0 Å². The molecule has 0 atom stereocenters. The molecule has 3 heterocycles. The van der Waals surface area contributed by atoms with Crippen LogP contribution in [0, 0.1) is 13.8 Å². The molecule has 0 radical (unpaired) electrons. The van der Waals surface area contributed by atoms with Gasteiger partial charge >= 0.3 is 5.63 Å². The topological polar surface area (TPSA) is 102 Å². The van der Waals surface area contributed by atoms with Crippen LogP contribution in [0.5, 0.6) is 5.75 Å². The summed E-state index contributed by atoms with van der Waals surface area (Å²) >= 11 is 0. The van der Waals surface area contributed by atoms with Crippen molar-refractivity contribution < 1.29 is 13.9 Å². The Bertz CT molecular complexity index is 1450. The lowest BCUT2D eigenvalue weighted by Gasteiger charge is -2.29. The number of hydrogen-bond acceptors (Lipinski definition) is 7. The number of benzene rings is 2. The number of hydrogen-bond donors (Lipinski definition) is 1. The third kappa shape index (κ3) is 5.16. The number of anilines is 1. The molecule has 1 fully saturated rings. The van der Waals surface area contributed by atoms with E-state index in [1.54, 1.807) is 16.9 Å². The highest BCUT2D eigenvalue weighted by Crippen LogP contribution is 2.30. The standard InChI is InChI=1S/C27H29N5O4/c1-17-4-6-19(7-5-17)15-32-16-23(29-30-32)26(33)28-22-14-20-8-9-24(18(2)25(20)36-27(22)34)35-21-10-12-31(3)13-11-21/h4-9,14,16,21H,10-13,15H2,1-3H3,(H,28,33). The fourth-order valence-corrected chi connectivity index (χ4v) is 4.35. The number of carbonyl (C=O) groups is 1. The first-order valence-corrected chi connectivity index (χ1v) is 12.1. The lowest BCUT2D eigenvalue weighted by molar-refractivity contribution is 0.102. The quantitative estimate of drug-likeness (QED) is 0.413. The van der Waals surface area contributed by atoms with Crippen LogP contribution in [-0.4, -0.2) is 52.0 Å². The number of fused-ring (bicyclic) bond motifs is 1. The summed E-state index contributed by atoms with van der Waals surface area (Å²) in [5, 5.41) is 11.3. The van der Waals surface area contributed by atoms with E-state index >= 15 is 0 Å². The fourth-order valence-electron chi connectivity index (χ4n) is 4.35. The maximum absolute atomic E-state index is 12.7. The Hall–Kier alpha value is -3.98. The van der Waals surface area contributed by atoms with Crippen LogP contribution in [0.1, 0.15) is 40.0 Å². The number of carbonyl (C=O) groups excluding carboxylic acids is 1. The van der Waals surface area contributed by atoms with Gasteiger partial charge in [-0.15, -0.1) is 5.10 Å². The molecule has 0 saturated carbocycles. The van der Waals surface area contributed by atoms with Crippen LogP contribution in [0.25, 0.3) is 11.0 Å². The number of amides is 1. The number of ether oxygens (including phenoxy) is 1. The molecule has 36 heavy (non-hydrogen) atoms. The van der Waals surface area contributed by atoms with Gasteiger partial charge in [0.1, 0.15) is 23.1 Å². The van der Waals surface area contributed by atoms with Crippen LogP contribution < -0.4 is 15.7 Å². The smallest absolute Gasteiger partial charge is 0.360 e. The molecule has 0 aliphatic carbocycles. The van der Waals surface area contributed by atoms with E-state index in [4.69, 9.17) is 9.15 Å². The van der Waals surface area contributed by atoms with Gasteiger partial charge < -0.3 is 19.4 Å². The monoisotopic (exact) mass is 487 g/mol. The van der Waals surface area contributed by atoms with Crippen molar-refractivity contribution in [2.24, 2.45) is 0 Å². The van der Waals surface area contributed by atoms with E-state index in [2.05, 4.69) is 27.6 Å². The van der Waals surface area contributed by atoms with E-state index in [-0.39, 0.29) is 17.5 Å². The minimum atomic E-state index is -0.637. The molecule has 9 nitrogen and oxygen atoms in total. The summed E-state index contributed by atoms with van der Waals surface area (Å²) in [6, 6.07) is 13.4.